The highest BCUT2D eigenvalue weighted by Crippen LogP contribution is 2.37. The second kappa shape index (κ2) is 11.7. The Bertz CT molecular complexity index is 985. The van der Waals surface area contributed by atoms with E-state index in [0.717, 1.165) is 29.2 Å². The van der Waals surface area contributed by atoms with Crippen LogP contribution in [0.2, 0.25) is 18.1 Å². The lowest BCUT2D eigenvalue weighted by atomic mass is 9.95. The van der Waals surface area contributed by atoms with Gasteiger partial charge < -0.3 is 13.9 Å². The topological polar surface area (TPSA) is 44.8 Å². The van der Waals surface area contributed by atoms with Gasteiger partial charge in [-0.2, -0.15) is 0 Å². The molecule has 0 radical (unpaired) electrons. The van der Waals surface area contributed by atoms with Crippen LogP contribution in [0, 0.1) is 0 Å². The van der Waals surface area contributed by atoms with E-state index in [1.54, 1.807) is 7.11 Å². The van der Waals surface area contributed by atoms with Crippen LogP contribution in [0.4, 0.5) is 0 Å². The van der Waals surface area contributed by atoms with Crippen molar-refractivity contribution in [1.82, 2.24) is 0 Å². The molecule has 1 unspecified atom stereocenters. The number of carbonyl (C=O) groups excluding carboxylic acids is 1. The number of hydrogen-bond acceptors (Lipinski definition) is 4. The first kappa shape index (κ1) is 28.3. The smallest absolute Gasteiger partial charge is 0.340 e. The zero-order chi connectivity index (χ0) is 25.6. The Labute approximate surface area is 207 Å². The number of allylic oxidation sites excluding steroid dienone is 2. The summed E-state index contributed by atoms with van der Waals surface area (Å²) in [6.07, 6.45) is 3.65. The summed E-state index contributed by atoms with van der Waals surface area (Å²) < 4.78 is 18.2. The SMILES string of the molecule is COC(C(=O)O[C@](C)(CCC=C(C)C)CCO[Si](C)(C)C(C)(C)C)c1ccc2ccccc2c1. The quantitative estimate of drug-likeness (QED) is 0.184. The van der Waals surface area contributed by atoms with E-state index in [-0.39, 0.29) is 11.0 Å². The lowest BCUT2D eigenvalue weighted by molar-refractivity contribution is -0.172. The van der Waals surface area contributed by atoms with Crippen LogP contribution in [0.5, 0.6) is 0 Å². The second-order valence-corrected chi connectivity index (χ2v) is 16.1. The van der Waals surface area contributed by atoms with Crippen molar-refractivity contribution in [3.8, 4) is 0 Å². The van der Waals surface area contributed by atoms with Crippen molar-refractivity contribution in [2.24, 2.45) is 0 Å². The molecule has 0 amide bonds. The molecule has 2 atom stereocenters. The Kier molecular flexibility index (Phi) is 9.69. The monoisotopic (exact) mass is 484 g/mol. The summed E-state index contributed by atoms with van der Waals surface area (Å²) in [6, 6.07) is 14.1. The van der Waals surface area contributed by atoms with Gasteiger partial charge in [-0.15, -0.1) is 0 Å². The summed E-state index contributed by atoms with van der Waals surface area (Å²) >= 11 is 0. The normalized spacial score (nSPS) is 15.0. The average Bonchev–Trinajstić information content (AvgIpc) is 2.72. The van der Waals surface area contributed by atoms with Gasteiger partial charge in [-0.25, -0.2) is 4.79 Å². The van der Waals surface area contributed by atoms with E-state index in [4.69, 9.17) is 13.9 Å². The van der Waals surface area contributed by atoms with Gasteiger partial charge in [-0.3, -0.25) is 0 Å². The van der Waals surface area contributed by atoms with E-state index in [0.29, 0.717) is 13.0 Å². The minimum Gasteiger partial charge on any atom is -0.457 e. The van der Waals surface area contributed by atoms with Crippen molar-refractivity contribution in [3.05, 3.63) is 59.7 Å². The van der Waals surface area contributed by atoms with Gasteiger partial charge in [-0.1, -0.05) is 68.8 Å². The minimum atomic E-state index is -1.88. The molecule has 0 aliphatic rings. The van der Waals surface area contributed by atoms with Gasteiger partial charge in [0.25, 0.3) is 0 Å². The third kappa shape index (κ3) is 7.79. The molecule has 2 rings (SSSR count). The molecule has 0 fully saturated rings. The summed E-state index contributed by atoms with van der Waals surface area (Å²) in [4.78, 5) is 13.3. The van der Waals surface area contributed by atoms with Crippen LogP contribution in [0.3, 0.4) is 0 Å². The first-order valence-electron chi connectivity index (χ1n) is 12.3. The summed E-state index contributed by atoms with van der Waals surface area (Å²) in [5.41, 5.74) is 1.42. The van der Waals surface area contributed by atoms with Crippen LogP contribution in [-0.4, -0.2) is 33.6 Å². The number of fused-ring (bicyclic) bond motifs is 1. The van der Waals surface area contributed by atoms with Crippen molar-refractivity contribution in [2.75, 3.05) is 13.7 Å². The number of carbonyl (C=O) groups is 1. The molecule has 0 aliphatic carbocycles. The Morgan fingerprint density at radius 3 is 2.24 bits per heavy atom. The van der Waals surface area contributed by atoms with E-state index >= 15 is 0 Å². The lowest BCUT2D eigenvalue weighted by Crippen LogP contribution is -2.43. The first-order chi connectivity index (χ1) is 15.8. The van der Waals surface area contributed by atoms with Gasteiger partial charge in [0.15, 0.2) is 14.4 Å². The number of hydrogen-bond donors (Lipinski definition) is 0. The number of methoxy groups -OCH3 is 1. The fraction of sp³-hybridized carbons (Fsp3) is 0.552. The molecule has 0 aromatic heterocycles. The molecule has 0 N–H and O–H groups in total. The Balaban J connectivity index is 2.19. The highest BCUT2D eigenvalue weighted by molar-refractivity contribution is 6.74. The van der Waals surface area contributed by atoms with Gasteiger partial charge >= 0.3 is 5.97 Å². The van der Waals surface area contributed by atoms with Crippen LogP contribution in [-0.2, 0) is 18.7 Å². The van der Waals surface area contributed by atoms with Gasteiger partial charge in [0, 0.05) is 20.1 Å². The molecule has 4 nitrogen and oxygen atoms in total. The standard InChI is InChI=1S/C29H44O4Si/c1-22(2)13-12-18-29(6,19-20-32-34(8,9)28(3,4)5)33-27(30)26(31-7)25-17-16-23-14-10-11-15-24(23)21-25/h10-11,13-17,21,26H,12,18-20H2,1-9H3/t26?,29-/m1/s1. The fourth-order valence-electron chi connectivity index (χ4n) is 3.67. The number of esters is 1. The minimum absolute atomic E-state index is 0.138. The molecular weight excluding hydrogens is 440 g/mol. The van der Waals surface area contributed by atoms with E-state index in [2.05, 4.69) is 59.9 Å². The van der Waals surface area contributed by atoms with Crippen molar-refractivity contribution in [1.29, 1.82) is 0 Å². The predicted octanol–water partition coefficient (Wildman–Crippen LogP) is 7.99. The van der Waals surface area contributed by atoms with Crippen molar-refractivity contribution in [3.63, 3.8) is 0 Å². The summed E-state index contributed by atoms with van der Waals surface area (Å²) in [5, 5.41) is 2.34. The van der Waals surface area contributed by atoms with Crippen molar-refractivity contribution >= 4 is 25.1 Å². The summed E-state index contributed by atoms with van der Waals surface area (Å²) in [5.74, 6) is -0.357. The summed E-state index contributed by atoms with van der Waals surface area (Å²) in [6.45, 7) is 18.0. The molecule has 0 heterocycles. The molecule has 2 aromatic carbocycles. The van der Waals surface area contributed by atoms with Gasteiger partial charge in [0.05, 0.1) is 0 Å². The van der Waals surface area contributed by atoms with Crippen LogP contribution in [0.15, 0.2) is 54.1 Å². The van der Waals surface area contributed by atoms with Crippen LogP contribution in [0.1, 0.15) is 72.5 Å². The first-order valence-corrected chi connectivity index (χ1v) is 15.2. The zero-order valence-corrected chi connectivity index (χ0v) is 23.7. The van der Waals surface area contributed by atoms with E-state index in [1.807, 2.05) is 43.3 Å². The highest BCUT2D eigenvalue weighted by atomic mass is 28.4. The maximum Gasteiger partial charge on any atom is 0.340 e. The van der Waals surface area contributed by atoms with Gasteiger partial charge in [0.1, 0.15) is 5.60 Å². The maximum absolute atomic E-state index is 13.3. The number of benzene rings is 2. The average molecular weight is 485 g/mol. The zero-order valence-electron chi connectivity index (χ0n) is 22.7. The molecule has 0 spiro atoms. The molecular formula is C29H44O4Si. The largest absolute Gasteiger partial charge is 0.457 e. The van der Waals surface area contributed by atoms with Crippen molar-refractivity contribution in [2.45, 2.75) is 90.6 Å². The molecule has 0 saturated carbocycles. The second-order valence-electron chi connectivity index (χ2n) is 11.3. The molecule has 34 heavy (non-hydrogen) atoms. The van der Waals surface area contributed by atoms with E-state index in [9.17, 15) is 4.79 Å². The van der Waals surface area contributed by atoms with Crippen LogP contribution < -0.4 is 0 Å². The molecule has 0 bridgehead atoms. The predicted molar refractivity (Wildman–Crippen MR) is 145 cm³/mol. The summed E-state index contributed by atoms with van der Waals surface area (Å²) in [7, 11) is -0.321. The third-order valence-electron chi connectivity index (χ3n) is 7.00. The number of rotatable bonds is 11. The van der Waals surface area contributed by atoms with Crippen LogP contribution in [0.25, 0.3) is 10.8 Å². The molecule has 5 heteroatoms. The Hall–Kier alpha value is -1.95. The Morgan fingerprint density at radius 2 is 1.65 bits per heavy atom. The third-order valence-corrected chi connectivity index (χ3v) is 11.5. The van der Waals surface area contributed by atoms with Gasteiger partial charge in [-0.05, 0) is 74.1 Å². The van der Waals surface area contributed by atoms with Crippen LogP contribution >= 0.6 is 0 Å². The van der Waals surface area contributed by atoms with E-state index in [1.165, 1.54) is 5.57 Å². The maximum atomic E-state index is 13.3. The van der Waals surface area contributed by atoms with Gasteiger partial charge in [0.2, 0.25) is 0 Å². The molecule has 188 valence electrons. The molecule has 0 saturated heterocycles. The molecule has 0 aliphatic heterocycles. The fourth-order valence-corrected chi connectivity index (χ4v) is 4.71. The van der Waals surface area contributed by atoms with Crippen molar-refractivity contribution < 1.29 is 18.7 Å². The van der Waals surface area contributed by atoms with E-state index < -0.39 is 20.0 Å². The highest BCUT2D eigenvalue weighted by Gasteiger charge is 2.38. The Morgan fingerprint density at radius 1 is 1.00 bits per heavy atom. The number of ether oxygens (including phenoxy) is 2. The molecule has 2 aromatic rings. The lowest BCUT2D eigenvalue weighted by Gasteiger charge is -2.38.